The number of aromatic nitrogens is 10. The highest BCUT2D eigenvalue weighted by molar-refractivity contribution is 5.82. The molecule has 0 unspecified atom stereocenters. The quantitative estimate of drug-likeness (QED) is 0.145. The summed E-state index contributed by atoms with van der Waals surface area (Å²) in [6.07, 6.45) is 16.2. The maximum absolute atomic E-state index is 4.65. The topological polar surface area (TPSA) is 129 Å². The molecule has 0 atom stereocenters. The van der Waals surface area contributed by atoms with Gasteiger partial charge in [-0.1, -0.05) is 263 Å². The van der Waals surface area contributed by atoms with Crippen LogP contribution in [0.1, 0.15) is 211 Å². The number of hydrogen-bond donors (Lipinski definition) is 0. The minimum Gasteiger partial charge on any atom is -0.265 e. The van der Waals surface area contributed by atoms with E-state index in [-0.39, 0.29) is 43.3 Å². The molecule has 8 aromatic heterocycles. The second-order valence-electron chi connectivity index (χ2n) is 32.2. The van der Waals surface area contributed by atoms with Crippen molar-refractivity contribution in [3.8, 4) is 0 Å². The van der Waals surface area contributed by atoms with Crippen LogP contribution in [-0.2, 0) is 43.3 Å². The minimum absolute atomic E-state index is 0.0720. The van der Waals surface area contributed by atoms with Crippen LogP contribution in [0.25, 0.3) is 43.6 Å². The molecule has 0 bridgehead atoms. The zero-order valence-corrected chi connectivity index (χ0v) is 62.4. The molecule has 8 heterocycles. The molecule has 0 amide bonds. The largest absolute Gasteiger partial charge is 0.265 e. The molecule has 0 aliphatic rings. The molecule has 4 aromatic carbocycles. The van der Waals surface area contributed by atoms with Gasteiger partial charge in [-0.15, -0.1) is 0 Å². The lowest BCUT2D eigenvalue weighted by molar-refractivity contribution is 0.567. The van der Waals surface area contributed by atoms with Crippen LogP contribution in [0.3, 0.4) is 0 Å². The summed E-state index contributed by atoms with van der Waals surface area (Å²) in [7, 11) is 0. The van der Waals surface area contributed by atoms with Crippen LogP contribution in [0, 0.1) is 0 Å². The molecule has 0 fully saturated rings. The number of nitrogens with zero attached hydrogens (tertiary/aromatic N) is 10. The standard InChI is InChI=1S/3C13H15N.C12H14N2.3C9H13N.C8H12N2/c1-13(2,3)11-8-10-6-4-5-7-12(10)14-9-11;2*1-13(2,3)12-9-8-10-6-4-5-7-11(10)14-12;1-12(2,3)11-9-6-4-5-7-10(9)13-8-14-11;1-9(2,3)8-4-6-10-7-5-8;1-9(2,3)8-5-4-6-10-7-8;1-9(2,3)8-6-4-5-7-10-8;1-8(2,3)7-4-5-9-6-10-7/h3*4-9H,1-3H3;4-8H,1-3H3;3*4-7H,1-3H3;4-6H,1-3H3. The van der Waals surface area contributed by atoms with Crippen molar-refractivity contribution < 1.29 is 0 Å². The van der Waals surface area contributed by atoms with Gasteiger partial charge in [0.25, 0.3) is 0 Å². The molecule has 0 radical (unpaired) electrons. The van der Waals surface area contributed by atoms with Gasteiger partial charge in [0.15, 0.2) is 0 Å². The molecule has 0 aliphatic carbocycles. The van der Waals surface area contributed by atoms with Crippen molar-refractivity contribution in [1.29, 1.82) is 0 Å². The highest BCUT2D eigenvalue weighted by Gasteiger charge is 2.21. The molecule has 504 valence electrons. The number of hydrogen-bond acceptors (Lipinski definition) is 10. The van der Waals surface area contributed by atoms with Gasteiger partial charge in [-0.25, -0.2) is 19.9 Å². The van der Waals surface area contributed by atoms with Crippen LogP contribution in [0.4, 0.5) is 0 Å². The van der Waals surface area contributed by atoms with Gasteiger partial charge in [0.1, 0.15) is 12.7 Å². The van der Waals surface area contributed by atoms with E-state index in [1.54, 1.807) is 25.0 Å². The summed E-state index contributed by atoms with van der Waals surface area (Å²) < 4.78 is 0. The fourth-order valence-electron chi connectivity index (χ4n) is 9.25. The van der Waals surface area contributed by atoms with Crippen LogP contribution >= 0.6 is 0 Å². The molecule has 12 rings (SSSR count). The number of benzene rings is 4. The molecular weight excluding hydrogens is 1170 g/mol. The van der Waals surface area contributed by atoms with E-state index < -0.39 is 0 Å². The molecule has 0 aliphatic heterocycles. The van der Waals surface area contributed by atoms with E-state index in [9.17, 15) is 0 Å². The van der Waals surface area contributed by atoms with E-state index >= 15 is 0 Å². The van der Waals surface area contributed by atoms with Gasteiger partial charge in [0.05, 0.1) is 27.8 Å². The fraction of sp³-hybridized carbons (Fsp3) is 0.372. The number of fused-ring (bicyclic) bond motifs is 4. The third kappa shape index (κ3) is 25.9. The highest BCUT2D eigenvalue weighted by Crippen LogP contribution is 2.29. The summed E-state index contributed by atoms with van der Waals surface area (Å²) in [5.74, 6) is 0. The maximum Gasteiger partial charge on any atom is 0.116 e. The van der Waals surface area contributed by atoms with Crippen molar-refractivity contribution in [1.82, 2.24) is 49.8 Å². The van der Waals surface area contributed by atoms with E-state index in [0.29, 0.717) is 0 Å². The van der Waals surface area contributed by atoms with E-state index in [1.165, 1.54) is 32.8 Å². The third-order valence-electron chi connectivity index (χ3n) is 15.3. The first-order valence-electron chi connectivity index (χ1n) is 33.5. The Morgan fingerprint density at radius 3 is 1.09 bits per heavy atom. The van der Waals surface area contributed by atoms with Gasteiger partial charge in [-0.3, -0.25) is 29.9 Å². The third-order valence-corrected chi connectivity index (χ3v) is 15.3. The lowest BCUT2D eigenvalue weighted by atomic mass is 9.88. The normalized spacial score (nSPS) is 11.8. The van der Waals surface area contributed by atoms with Crippen LogP contribution in [0.2, 0.25) is 0 Å². The maximum atomic E-state index is 4.65. The van der Waals surface area contributed by atoms with E-state index in [1.807, 2.05) is 110 Å². The first-order valence-corrected chi connectivity index (χ1v) is 33.5. The number of para-hydroxylation sites is 4. The molecule has 0 saturated heterocycles. The van der Waals surface area contributed by atoms with Gasteiger partial charge in [-0.05, 0) is 112 Å². The van der Waals surface area contributed by atoms with E-state index in [2.05, 4.69) is 313 Å². The lowest BCUT2D eigenvalue weighted by Crippen LogP contribution is -2.14. The van der Waals surface area contributed by atoms with Gasteiger partial charge in [0.2, 0.25) is 0 Å². The Morgan fingerprint density at radius 1 is 0.229 bits per heavy atom. The van der Waals surface area contributed by atoms with Crippen LogP contribution in [0.15, 0.2) is 232 Å². The summed E-state index contributed by atoms with van der Waals surface area (Å²) in [4.78, 5) is 42.6. The van der Waals surface area contributed by atoms with Crippen molar-refractivity contribution in [2.75, 3.05) is 0 Å². The van der Waals surface area contributed by atoms with E-state index in [4.69, 9.17) is 0 Å². The molecule has 12 aromatic rings. The van der Waals surface area contributed by atoms with E-state index in [0.717, 1.165) is 55.9 Å². The molecule has 10 nitrogen and oxygen atoms in total. The van der Waals surface area contributed by atoms with Crippen molar-refractivity contribution in [3.63, 3.8) is 0 Å². The Hall–Kier alpha value is -9.02. The summed E-state index contributed by atoms with van der Waals surface area (Å²) >= 11 is 0. The Morgan fingerprint density at radius 2 is 0.688 bits per heavy atom. The Kier molecular flexibility index (Phi) is 27.6. The predicted octanol–water partition coefficient (Wildman–Crippen LogP) is 22.4. The summed E-state index contributed by atoms with van der Waals surface area (Å²) in [5.41, 5.74) is 15.1. The first-order chi connectivity index (χ1) is 44.7. The van der Waals surface area contributed by atoms with Crippen molar-refractivity contribution in [3.05, 3.63) is 277 Å². The predicted molar refractivity (Wildman–Crippen MR) is 409 cm³/mol. The Bertz CT molecular complexity index is 3800. The monoisotopic (exact) mass is 1280 g/mol. The average molecular weight is 1280 g/mol. The summed E-state index contributed by atoms with van der Waals surface area (Å²) in [5, 5.41) is 4.79. The van der Waals surface area contributed by atoms with Crippen molar-refractivity contribution in [2.24, 2.45) is 0 Å². The minimum atomic E-state index is 0.0720. The fourth-order valence-corrected chi connectivity index (χ4v) is 9.25. The van der Waals surface area contributed by atoms with Gasteiger partial charge in [0, 0.05) is 115 Å². The zero-order chi connectivity index (χ0) is 71.2. The molecule has 0 saturated carbocycles. The smallest absolute Gasteiger partial charge is 0.116 e. The molecule has 0 spiro atoms. The van der Waals surface area contributed by atoms with Gasteiger partial charge < -0.3 is 0 Å². The SMILES string of the molecule is CC(C)(C)c1ccc2ccccc2n1.CC(C)(C)c1ccc2ccccc2n1.CC(C)(C)c1ccccn1.CC(C)(C)c1cccnc1.CC(C)(C)c1ccncc1.CC(C)(C)c1ccncn1.CC(C)(C)c1cnc2ccccc2c1.CC(C)(C)c1ncnc2ccccc12. The first kappa shape index (κ1) is 77.7. The summed E-state index contributed by atoms with van der Waals surface area (Å²) in [6.45, 7) is 52.3. The lowest BCUT2D eigenvalue weighted by Gasteiger charge is -2.18. The van der Waals surface area contributed by atoms with Crippen LogP contribution in [0.5, 0.6) is 0 Å². The Labute approximate surface area is 576 Å². The zero-order valence-electron chi connectivity index (χ0n) is 62.4. The van der Waals surface area contributed by atoms with Crippen LogP contribution < -0.4 is 0 Å². The summed E-state index contributed by atoms with van der Waals surface area (Å²) in [6, 6.07) is 59.7. The highest BCUT2D eigenvalue weighted by atomic mass is 14.8. The average Bonchev–Trinajstić information content (AvgIpc) is 1.30. The number of rotatable bonds is 0. The molecule has 10 heteroatoms. The molecule has 0 N–H and O–H groups in total. The van der Waals surface area contributed by atoms with Gasteiger partial charge >= 0.3 is 0 Å². The second-order valence-corrected chi connectivity index (χ2v) is 32.2. The Balaban J connectivity index is 0.000000199. The molecule has 96 heavy (non-hydrogen) atoms. The van der Waals surface area contributed by atoms with Crippen LogP contribution in [-0.4, -0.2) is 49.8 Å². The van der Waals surface area contributed by atoms with Gasteiger partial charge in [-0.2, -0.15) is 0 Å². The van der Waals surface area contributed by atoms with Crippen molar-refractivity contribution in [2.45, 2.75) is 209 Å². The second kappa shape index (κ2) is 34.1. The van der Waals surface area contributed by atoms with Crippen molar-refractivity contribution >= 4 is 43.6 Å². The number of pyridine rings is 6. The molecular formula is C86H110N10.